The molecule has 1 aliphatic rings. The summed E-state index contributed by atoms with van der Waals surface area (Å²) in [4.78, 5) is 2.42. The molecule has 0 aromatic heterocycles. The van der Waals surface area contributed by atoms with Gasteiger partial charge in [-0.15, -0.1) is 0 Å². The highest BCUT2D eigenvalue weighted by Gasteiger charge is 2.16. The maximum Gasteiger partial charge on any atom is 0.171 e. The van der Waals surface area contributed by atoms with Crippen LogP contribution in [0.25, 0.3) is 0 Å². The van der Waals surface area contributed by atoms with Gasteiger partial charge in [-0.05, 0) is 60.8 Å². The zero-order chi connectivity index (χ0) is 18.5. The van der Waals surface area contributed by atoms with Crippen molar-refractivity contribution in [2.75, 3.05) is 23.3 Å². The van der Waals surface area contributed by atoms with Crippen LogP contribution in [0.4, 0.5) is 20.2 Å². The molecule has 0 amide bonds. The van der Waals surface area contributed by atoms with E-state index < -0.39 is 11.6 Å². The maximum absolute atomic E-state index is 13.6. The summed E-state index contributed by atoms with van der Waals surface area (Å²) in [6.45, 7) is 4.97. The molecule has 2 aromatic carbocycles. The Morgan fingerprint density at radius 1 is 1.15 bits per heavy atom. The van der Waals surface area contributed by atoms with Gasteiger partial charge in [0.25, 0.3) is 0 Å². The van der Waals surface area contributed by atoms with E-state index in [-0.39, 0.29) is 10.8 Å². The van der Waals surface area contributed by atoms with Gasteiger partial charge in [0.05, 0.1) is 0 Å². The Kier molecular flexibility index (Phi) is 6.04. The van der Waals surface area contributed by atoms with Crippen LogP contribution in [0.5, 0.6) is 0 Å². The fourth-order valence-electron chi connectivity index (χ4n) is 3.21. The molecular formula is C20H23F2N3S. The van der Waals surface area contributed by atoms with E-state index in [1.165, 1.54) is 36.7 Å². The molecule has 6 heteroatoms. The van der Waals surface area contributed by atoms with Crippen LogP contribution in [0.15, 0.2) is 42.5 Å². The zero-order valence-electron chi connectivity index (χ0n) is 14.8. The molecular weight excluding hydrogens is 352 g/mol. The molecule has 26 heavy (non-hydrogen) atoms. The van der Waals surface area contributed by atoms with Crippen LogP contribution < -0.4 is 15.5 Å². The second kappa shape index (κ2) is 8.45. The second-order valence-electron chi connectivity index (χ2n) is 6.76. The minimum absolute atomic E-state index is 0.183. The third-order valence-corrected chi connectivity index (χ3v) is 4.86. The summed E-state index contributed by atoms with van der Waals surface area (Å²) >= 11 is 5.13. The van der Waals surface area contributed by atoms with Crippen molar-refractivity contribution >= 4 is 28.7 Å². The molecule has 0 bridgehead atoms. The zero-order valence-corrected chi connectivity index (χ0v) is 15.6. The Hall–Kier alpha value is -2.21. The Morgan fingerprint density at radius 3 is 2.50 bits per heavy atom. The first-order chi connectivity index (χ1) is 12.5. The standard InChI is InChI=1S/C20H23F2N3S/c1-14-4-3-11-25(13-14)16-9-7-15(8-10-16)12-23-20(26)24-19-17(21)5-2-6-18(19)22/h2,5-10,14H,3-4,11-13H2,1H3,(H2,23,24,26). The molecule has 0 aliphatic carbocycles. The molecule has 0 radical (unpaired) electrons. The van der Waals surface area contributed by atoms with Crippen LogP contribution >= 0.6 is 12.2 Å². The molecule has 138 valence electrons. The normalized spacial score (nSPS) is 17.0. The van der Waals surface area contributed by atoms with Gasteiger partial charge < -0.3 is 15.5 Å². The molecule has 1 unspecified atom stereocenters. The van der Waals surface area contributed by atoms with Crippen molar-refractivity contribution in [1.82, 2.24) is 5.32 Å². The second-order valence-corrected chi connectivity index (χ2v) is 7.17. The Labute approximate surface area is 158 Å². The van der Waals surface area contributed by atoms with E-state index in [1.807, 2.05) is 12.1 Å². The summed E-state index contributed by atoms with van der Waals surface area (Å²) in [5, 5.41) is 5.74. The number of para-hydroxylation sites is 1. The Morgan fingerprint density at radius 2 is 1.85 bits per heavy atom. The number of piperidine rings is 1. The maximum atomic E-state index is 13.6. The van der Waals surface area contributed by atoms with Crippen molar-refractivity contribution in [2.24, 2.45) is 5.92 Å². The molecule has 1 fully saturated rings. The smallest absolute Gasteiger partial charge is 0.171 e. The highest BCUT2D eigenvalue weighted by Crippen LogP contribution is 2.23. The first-order valence-electron chi connectivity index (χ1n) is 8.85. The summed E-state index contributed by atoms with van der Waals surface area (Å²) in [5.41, 5.74) is 2.05. The number of anilines is 2. The van der Waals surface area contributed by atoms with Crippen molar-refractivity contribution in [3.05, 3.63) is 59.7 Å². The quantitative estimate of drug-likeness (QED) is 0.759. The monoisotopic (exact) mass is 375 g/mol. The number of hydrogen-bond donors (Lipinski definition) is 2. The lowest BCUT2D eigenvalue weighted by molar-refractivity contribution is 0.447. The van der Waals surface area contributed by atoms with E-state index >= 15 is 0 Å². The average Bonchev–Trinajstić information content (AvgIpc) is 2.64. The third kappa shape index (κ3) is 4.69. The molecule has 2 aromatic rings. The van der Waals surface area contributed by atoms with E-state index in [0.717, 1.165) is 24.6 Å². The van der Waals surface area contributed by atoms with Crippen LogP contribution in [0.3, 0.4) is 0 Å². The van der Waals surface area contributed by atoms with Crippen molar-refractivity contribution in [3.63, 3.8) is 0 Å². The number of benzene rings is 2. The van der Waals surface area contributed by atoms with E-state index in [9.17, 15) is 8.78 Å². The van der Waals surface area contributed by atoms with Gasteiger partial charge in [-0.25, -0.2) is 8.78 Å². The first-order valence-corrected chi connectivity index (χ1v) is 9.26. The molecule has 1 aliphatic heterocycles. The fraction of sp³-hybridized carbons (Fsp3) is 0.350. The number of thiocarbonyl (C=S) groups is 1. The van der Waals surface area contributed by atoms with Gasteiger partial charge >= 0.3 is 0 Å². The largest absolute Gasteiger partial charge is 0.371 e. The SMILES string of the molecule is CC1CCCN(c2ccc(CNC(=S)Nc3c(F)cccc3F)cc2)C1. The number of halogens is 2. The van der Waals surface area contributed by atoms with Crippen LogP contribution in [0.2, 0.25) is 0 Å². The van der Waals surface area contributed by atoms with E-state index in [0.29, 0.717) is 6.54 Å². The number of rotatable bonds is 4. The van der Waals surface area contributed by atoms with Crippen molar-refractivity contribution < 1.29 is 8.78 Å². The fourth-order valence-corrected chi connectivity index (χ4v) is 3.38. The molecule has 1 atom stereocenters. The summed E-state index contributed by atoms with van der Waals surface area (Å²) in [7, 11) is 0. The van der Waals surface area contributed by atoms with Gasteiger partial charge in [0.2, 0.25) is 0 Å². The van der Waals surface area contributed by atoms with Gasteiger partial charge in [-0.2, -0.15) is 0 Å². The summed E-state index contributed by atoms with van der Waals surface area (Å²) < 4.78 is 27.3. The first kappa shape index (κ1) is 18.6. The number of hydrogen-bond acceptors (Lipinski definition) is 2. The van der Waals surface area contributed by atoms with Crippen molar-refractivity contribution in [1.29, 1.82) is 0 Å². The van der Waals surface area contributed by atoms with Gasteiger partial charge in [-0.3, -0.25) is 0 Å². The summed E-state index contributed by atoms with van der Waals surface area (Å²) in [6.07, 6.45) is 2.53. The highest BCUT2D eigenvalue weighted by atomic mass is 32.1. The number of nitrogens with zero attached hydrogens (tertiary/aromatic N) is 1. The topological polar surface area (TPSA) is 27.3 Å². The lowest BCUT2D eigenvalue weighted by atomic mass is 9.99. The summed E-state index contributed by atoms with van der Waals surface area (Å²) in [6, 6.07) is 12.0. The minimum atomic E-state index is -0.672. The molecule has 3 nitrogen and oxygen atoms in total. The predicted molar refractivity (Wildman–Crippen MR) is 106 cm³/mol. The Balaban J connectivity index is 1.54. The van der Waals surface area contributed by atoms with Crippen LogP contribution in [0, 0.1) is 17.6 Å². The van der Waals surface area contributed by atoms with Gasteiger partial charge in [-0.1, -0.05) is 25.1 Å². The lowest BCUT2D eigenvalue weighted by Crippen LogP contribution is -2.34. The lowest BCUT2D eigenvalue weighted by Gasteiger charge is -2.32. The highest BCUT2D eigenvalue weighted by molar-refractivity contribution is 7.80. The van der Waals surface area contributed by atoms with Crippen LogP contribution in [-0.4, -0.2) is 18.2 Å². The van der Waals surface area contributed by atoms with Crippen molar-refractivity contribution in [3.8, 4) is 0 Å². The molecule has 3 rings (SSSR count). The minimum Gasteiger partial charge on any atom is -0.371 e. The molecule has 2 N–H and O–H groups in total. The van der Waals surface area contributed by atoms with Gasteiger partial charge in [0.1, 0.15) is 17.3 Å². The molecule has 1 heterocycles. The number of nitrogens with one attached hydrogen (secondary N) is 2. The van der Waals surface area contributed by atoms with Crippen LogP contribution in [-0.2, 0) is 6.54 Å². The van der Waals surface area contributed by atoms with E-state index in [4.69, 9.17) is 12.2 Å². The van der Waals surface area contributed by atoms with Crippen LogP contribution in [0.1, 0.15) is 25.3 Å². The predicted octanol–water partition coefficient (Wildman–Crippen LogP) is 4.69. The van der Waals surface area contributed by atoms with E-state index in [1.54, 1.807) is 0 Å². The van der Waals surface area contributed by atoms with Crippen molar-refractivity contribution in [2.45, 2.75) is 26.3 Å². The van der Waals surface area contributed by atoms with E-state index in [2.05, 4.69) is 34.6 Å². The molecule has 0 saturated carbocycles. The summed E-state index contributed by atoms with van der Waals surface area (Å²) in [5.74, 6) is -0.615. The Bertz CT molecular complexity index is 744. The average molecular weight is 375 g/mol. The third-order valence-electron chi connectivity index (χ3n) is 4.61. The molecule has 1 saturated heterocycles. The van der Waals surface area contributed by atoms with Gasteiger partial charge in [0, 0.05) is 25.3 Å². The molecule has 0 spiro atoms. The van der Waals surface area contributed by atoms with Gasteiger partial charge in [0.15, 0.2) is 5.11 Å².